The molecule has 0 unspecified atom stereocenters. The lowest BCUT2D eigenvalue weighted by molar-refractivity contribution is 0.298. The van der Waals surface area contributed by atoms with Crippen LogP contribution >= 0.6 is 11.3 Å². The average Bonchev–Trinajstić information content (AvgIpc) is 2.72. The predicted octanol–water partition coefficient (Wildman–Crippen LogP) is 2.72. The zero-order valence-electron chi connectivity index (χ0n) is 11.0. The first kappa shape index (κ1) is 13.1. The summed E-state index contributed by atoms with van der Waals surface area (Å²) < 4.78 is 0. The van der Waals surface area contributed by atoms with Gasteiger partial charge in [0.05, 0.1) is 5.69 Å². The summed E-state index contributed by atoms with van der Waals surface area (Å²) in [4.78, 5) is 7.86. The molecule has 0 aliphatic rings. The third-order valence-corrected chi connectivity index (χ3v) is 3.93. The molecule has 0 fully saturated rings. The van der Waals surface area contributed by atoms with Crippen LogP contribution in [0, 0.1) is 6.92 Å². The summed E-state index contributed by atoms with van der Waals surface area (Å²) >= 11 is 1.69. The second-order valence-corrected chi connectivity index (χ2v) is 5.64. The number of thiazole rings is 1. The van der Waals surface area contributed by atoms with Crippen LogP contribution in [0.2, 0.25) is 0 Å². The van der Waals surface area contributed by atoms with Gasteiger partial charge in [-0.3, -0.25) is 0 Å². The number of nitrogens with zero attached hydrogens (tertiary/aromatic N) is 2. The zero-order valence-corrected chi connectivity index (χ0v) is 11.8. The number of hydrogen-bond donors (Lipinski definition) is 1. The highest BCUT2D eigenvalue weighted by Gasteiger charge is 2.09. The molecule has 0 spiro atoms. The van der Waals surface area contributed by atoms with Crippen LogP contribution in [-0.2, 0) is 6.42 Å². The van der Waals surface area contributed by atoms with Crippen molar-refractivity contribution < 1.29 is 5.11 Å². The van der Waals surface area contributed by atoms with Crippen LogP contribution in [0.3, 0.4) is 0 Å². The molecule has 0 atom stereocenters. The fraction of sp³-hybridized carbons (Fsp3) is 0.357. The summed E-state index contributed by atoms with van der Waals surface area (Å²) in [6.45, 7) is 2.21. The molecule has 0 amide bonds. The molecule has 1 aromatic carbocycles. The van der Waals surface area contributed by atoms with Crippen molar-refractivity contribution in [2.45, 2.75) is 13.3 Å². The molecule has 0 aliphatic carbocycles. The molecule has 18 heavy (non-hydrogen) atoms. The van der Waals surface area contributed by atoms with Crippen LogP contribution in [0.25, 0.3) is 10.6 Å². The van der Waals surface area contributed by atoms with Crippen LogP contribution in [0.4, 0.5) is 5.69 Å². The number of rotatable bonds is 4. The normalized spacial score (nSPS) is 10.7. The Bertz CT molecular complexity index is 517. The van der Waals surface area contributed by atoms with Gasteiger partial charge in [-0.25, -0.2) is 4.98 Å². The SMILES string of the molecule is Cc1sc(-c2ccc(N(C)C)cc2)nc1CCO. The molecule has 1 heterocycles. The van der Waals surface area contributed by atoms with Gasteiger partial charge in [0.15, 0.2) is 0 Å². The van der Waals surface area contributed by atoms with Gasteiger partial charge in [0.25, 0.3) is 0 Å². The number of anilines is 1. The summed E-state index contributed by atoms with van der Waals surface area (Å²) in [7, 11) is 4.06. The minimum absolute atomic E-state index is 0.156. The predicted molar refractivity (Wildman–Crippen MR) is 77.4 cm³/mol. The minimum Gasteiger partial charge on any atom is -0.396 e. The van der Waals surface area contributed by atoms with Crippen molar-refractivity contribution in [3.8, 4) is 10.6 Å². The van der Waals surface area contributed by atoms with Gasteiger partial charge in [0, 0.05) is 43.3 Å². The number of hydrogen-bond acceptors (Lipinski definition) is 4. The summed E-state index contributed by atoms with van der Waals surface area (Å²) in [6.07, 6.45) is 0.637. The van der Waals surface area contributed by atoms with Gasteiger partial charge in [-0.05, 0) is 31.2 Å². The molecule has 2 aromatic rings. The van der Waals surface area contributed by atoms with Crippen molar-refractivity contribution in [3.63, 3.8) is 0 Å². The zero-order chi connectivity index (χ0) is 13.1. The van der Waals surface area contributed by atoms with Crippen LogP contribution < -0.4 is 4.90 Å². The average molecular weight is 262 g/mol. The minimum atomic E-state index is 0.156. The van der Waals surface area contributed by atoms with Gasteiger partial charge in [0.1, 0.15) is 5.01 Å². The molecule has 0 saturated heterocycles. The molecule has 4 heteroatoms. The summed E-state index contributed by atoms with van der Waals surface area (Å²) in [5.74, 6) is 0. The maximum Gasteiger partial charge on any atom is 0.123 e. The third-order valence-electron chi connectivity index (χ3n) is 2.87. The Balaban J connectivity index is 2.28. The number of aromatic nitrogens is 1. The van der Waals surface area contributed by atoms with Crippen LogP contribution in [-0.4, -0.2) is 30.8 Å². The molecule has 0 radical (unpaired) electrons. The van der Waals surface area contributed by atoms with Crippen molar-refractivity contribution in [1.82, 2.24) is 4.98 Å². The Morgan fingerprint density at radius 3 is 2.44 bits per heavy atom. The second kappa shape index (κ2) is 5.50. The van der Waals surface area contributed by atoms with Crippen molar-refractivity contribution in [2.75, 3.05) is 25.6 Å². The van der Waals surface area contributed by atoms with Crippen LogP contribution in [0.15, 0.2) is 24.3 Å². The molecule has 96 valence electrons. The fourth-order valence-corrected chi connectivity index (χ4v) is 2.76. The Morgan fingerprint density at radius 2 is 1.89 bits per heavy atom. The van der Waals surface area contributed by atoms with Crippen LogP contribution in [0.1, 0.15) is 10.6 Å². The smallest absolute Gasteiger partial charge is 0.123 e. The Labute approximate surface area is 112 Å². The van der Waals surface area contributed by atoms with Crippen LogP contribution in [0.5, 0.6) is 0 Å². The van der Waals surface area contributed by atoms with Gasteiger partial charge in [-0.2, -0.15) is 0 Å². The van der Waals surface area contributed by atoms with E-state index in [9.17, 15) is 0 Å². The third kappa shape index (κ3) is 2.71. The Hall–Kier alpha value is -1.39. The van der Waals surface area contributed by atoms with Crippen molar-refractivity contribution in [2.24, 2.45) is 0 Å². The molecule has 2 rings (SSSR count). The molecule has 1 N–H and O–H groups in total. The van der Waals surface area contributed by atoms with Gasteiger partial charge >= 0.3 is 0 Å². The molecule has 0 saturated carbocycles. The summed E-state index contributed by atoms with van der Waals surface area (Å²) in [6, 6.07) is 8.38. The lowest BCUT2D eigenvalue weighted by Gasteiger charge is -2.11. The quantitative estimate of drug-likeness (QED) is 0.920. The first-order valence-corrected chi connectivity index (χ1v) is 6.78. The highest BCUT2D eigenvalue weighted by atomic mass is 32.1. The van der Waals surface area contributed by atoms with E-state index in [0.717, 1.165) is 16.3 Å². The van der Waals surface area contributed by atoms with Gasteiger partial charge in [0.2, 0.25) is 0 Å². The summed E-state index contributed by atoms with van der Waals surface area (Å²) in [5.41, 5.74) is 3.33. The van der Waals surface area contributed by atoms with E-state index in [0.29, 0.717) is 6.42 Å². The van der Waals surface area contributed by atoms with E-state index in [1.165, 1.54) is 10.6 Å². The van der Waals surface area contributed by atoms with Gasteiger partial charge in [-0.1, -0.05) is 0 Å². The molecular formula is C14H18N2OS. The largest absolute Gasteiger partial charge is 0.396 e. The standard InChI is InChI=1S/C14H18N2OS/c1-10-13(8-9-17)15-14(18-10)11-4-6-12(7-5-11)16(2)3/h4-7,17H,8-9H2,1-3H3. The maximum atomic E-state index is 8.98. The Kier molecular flexibility index (Phi) is 3.99. The number of aliphatic hydroxyl groups is 1. The molecule has 0 bridgehead atoms. The van der Waals surface area contributed by atoms with Gasteiger partial charge < -0.3 is 10.0 Å². The van der Waals surface area contributed by atoms with E-state index in [1.807, 2.05) is 14.1 Å². The second-order valence-electron chi connectivity index (χ2n) is 4.44. The first-order chi connectivity index (χ1) is 8.61. The lowest BCUT2D eigenvalue weighted by atomic mass is 10.2. The van der Waals surface area contributed by atoms with E-state index in [2.05, 4.69) is 41.1 Å². The Morgan fingerprint density at radius 1 is 1.22 bits per heavy atom. The molecular weight excluding hydrogens is 244 g/mol. The van der Waals surface area contributed by atoms with E-state index in [1.54, 1.807) is 11.3 Å². The van der Waals surface area contributed by atoms with E-state index >= 15 is 0 Å². The molecule has 1 aromatic heterocycles. The number of aliphatic hydroxyl groups excluding tert-OH is 1. The number of benzene rings is 1. The fourth-order valence-electron chi connectivity index (χ4n) is 1.79. The van der Waals surface area contributed by atoms with E-state index in [-0.39, 0.29) is 6.61 Å². The topological polar surface area (TPSA) is 36.4 Å². The molecule has 3 nitrogen and oxygen atoms in total. The summed E-state index contributed by atoms with van der Waals surface area (Å²) in [5, 5.41) is 10.0. The van der Waals surface area contributed by atoms with Crippen molar-refractivity contribution in [1.29, 1.82) is 0 Å². The molecule has 0 aliphatic heterocycles. The highest BCUT2D eigenvalue weighted by molar-refractivity contribution is 7.15. The van der Waals surface area contributed by atoms with Crippen molar-refractivity contribution >= 4 is 17.0 Å². The monoisotopic (exact) mass is 262 g/mol. The number of aryl methyl sites for hydroxylation is 1. The lowest BCUT2D eigenvalue weighted by Crippen LogP contribution is -2.07. The van der Waals surface area contributed by atoms with Gasteiger partial charge in [-0.15, -0.1) is 11.3 Å². The highest BCUT2D eigenvalue weighted by Crippen LogP contribution is 2.29. The van der Waals surface area contributed by atoms with E-state index in [4.69, 9.17) is 5.11 Å². The first-order valence-electron chi connectivity index (χ1n) is 5.96. The van der Waals surface area contributed by atoms with Crippen molar-refractivity contribution in [3.05, 3.63) is 34.8 Å². The maximum absolute atomic E-state index is 8.98. The van der Waals surface area contributed by atoms with E-state index < -0.39 is 0 Å².